The number of hydrogen-bond acceptors (Lipinski definition) is 4. The van der Waals surface area contributed by atoms with Gasteiger partial charge in [-0.25, -0.2) is 4.39 Å². The topological polar surface area (TPSA) is 85.7 Å². The van der Waals surface area contributed by atoms with Gasteiger partial charge in [0.25, 0.3) is 0 Å². The summed E-state index contributed by atoms with van der Waals surface area (Å²) in [5.74, 6) is -0.400. The summed E-state index contributed by atoms with van der Waals surface area (Å²) in [7, 11) is 0. The summed E-state index contributed by atoms with van der Waals surface area (Å²) in [6.45, 7) is 5.34. The van der Waals surface area contributed by atoms with Crippen LogP contribution in [0, 0.1) is 28.5 Å². The van der Waals surface area contributed by atoms with Crippen molar-refractivity contribution in [1.82, 2.24) is 9.78 Å². The first kappa shape index (κ1) is 20.8. The highest BCUT2D eigenvalue weighted by Gasteiger charge is 2.28. The van der Waals surface area contributed by atoms with Crippen LogP contribution in [-0.4, -0.2) is 15.7 Å². The van der Waals surface area contributed by atoms with Gasteiger partial charge in [-0.3, -0.25) is 14.4 Å². The number of para-hydroxylation sites is 1. The molecule has 3 aromatic rings. The zero-order valence-electron chi connectivity index (χ0n) is 16.9. The van der Waals surface area contributed by atoms with Gasteiger partial charge in [0.1, 0.15) is 11.9 Å². The van der Waals surface area contributed by atoms with E-state index in [0.717, 1.165) is 5.56 Å². The smallest absolute Gasteiger partial charge is 0.229 e. The fourth-order valence-electron chi connectivity index (χ4n) is 3.21. The molecule has 0 atom stereocenters. The largest absolute Gasteiger partial charge is 0.274 e. The predicted molar refractivity (Wildman–Crippen MR) is 110 cm³/mol. The highest BCUT2D eigenvalue weighted by atomic mass is 19.1. The van der Waals surface area contributed by atoms with Crippen LogP contribution in [0.25, 0.3) is 0 Å². The molecule has 150 valence electrons. The number of halogens is 1. The molecule has 1 heterocycles. The maximum absolute atomic E-state index is 13.5. The average molecular weight is 401 g/mol. The summed E-state index contributed by atoms with van der Waals surface area (Å²) < 4.78 is 15.2. The molecule has 6 nitrogen and oxygen atoms in total. The fraction of sp³-hybridized carbons (Fsp3) is 0.217. The van der Waals surface area contributed by atoms with E-state index in [9.17, 15) is 14.4 Å². The summed E-state index contributed by atoms with van der Waals surface area (Å²) in [6.07, 6.45) is 1.71. The molecule has 0 aliphatic carbocycles. The summed E-state index contributed by atoms with van der Waals surface area (Å²) in [5.41, 5.74) is 1.19. The highest BCUT2D eigenvalue weighted by Crippen LogP contribution is 2.35. The van der Waals surface area contributed by atoms with Gasteiger partial charge in [-0.1, -0.05) is 24.3 Å². The van der Waals surface area contributed by atoms with Crippen molar-refractivity contribution >= 4 is 17.4 Å². The van der Waals surface area contributed by atoms with Crippen LogP contribution in [0.1, 0.15) is 37.5 Å². The van der Waals surface area contributed by atoms with Crippen molar-refractivity contribution in [3.63, 3.8) is 0 Å². The van der Waals surface area contributed by atoms with Gasteiger partial charge in [-0.15, -0.1) is 0 Å². The molecule has 0 radical (unpaired) electrons. The molecule has 0 aliphatic rings. The Hall–Kier alpha value is -3.97. The highest BCUT2D eigenvalue weighted by molar-refractivity contribution is 5.99. The van der Waals surface area contributed by atoms with Crippen molar-refractivity contribution in [2.75, 3.05) is 4.90 Å². The molecular formula is C23H20FN5O. The number of carbonyl (C=O) groups is 1. The number of rotatable bonds is 5. The van der Waals surface area contributed by atoms with E-state index in [1.54, 1.807) is 49.0 Å². The summed E-state index contributed by atoms with van der Waals surface area (Å²) >= 11 is 0. The van der Waals surface area contributed by atoms with Crippen LogP contribution in [0.5, 0.6) is 0 Å². The number of hydrogen-bond donors (Lipinski definition) is 0. The first-order valence-corrected chi connectivity index (χ1v) is 9.30. The number of nitrogens with zero attached hydrogens (tertiary/aromatic N) is 5. The third-order valence-corrected chi connectivity index (χ3v) is 4.76. The van der Waals surface area contributed by atoms with Crippen molar-refractivity contribution in [2.24, 2.45) is 0 Å². The van der Waals surface area contributed by atoms with Crippen molar-refractivity contribution in [3.05, 3.63) is 77.2 Å². The summed E-state index contributed by atoms with van der Waals surface area (Å²) in [5, 5.41) is 23.1. The molecule has 7 heteroatoms. The SMILES string of the molecule is CC(=O)N(c1ccn(Cc2ccc(F)c(C#N)c2)n1)c1ccccc1C(C)(C)C#N. The van der Waals surface area contributed by atoms with Gasteiger partial charge in [0, 0.05) is 19.2 Å². The molecular weight excluding hydrogens is 381 g/mol. The minimum Gasteiger partial charge on any atom is -0.274 e. The Balaban J connectivity index is 1.98. The minimum absolute atomic E-state index is 0.0297. The average Bonchev–Trinajstić information content (AvgIpc) is 3.17. The Kier molecular flexibility index (Phi) is 5.66. The van der Waals surface area contributed by atoms with E-state index in [1.807, 2.05) is 18.2 Å². The number of carbonyl (C=O) groups excluding carboxylic acids is 1. The van der Waals surface area contributed by atoms with Crippen LogP contribution >= 0.6 is 0 Å². The normalized spacial score (nSPS) is 10.9. The van der Waals surface area contributed by atoms with Crippen LogP contribution in [0.3, 0.4) is 0 Å². The van der Waals surface area contributed by atoms with E-state index in [1.165, 1.54) is 24.0 Å². The third-order valence-electron chi connectivity index (χ3n) is 4.76. The van der Waals surface area contributed by atoms with Crippen LogP contribution in [-0.2, 0) is 16.8 Å². The summed E-state index contributed by atoms with van der Waals surface area (Å²) in [6, 6.07) is 17.4. The number of amides is 1. The first-order chi connectivity index (χ1) is 14.3. The Morgan fingerprint density at radius 2 is 1.93 bits per heavy atom. The van der Waals surface area contributed by atoms with E-state index in [2.05, 4.69) is 11.2 Å². The molecule has 0 saturated heterocycles. The van der Waals surface area contributed by atoms with Crippen molar-refractivity contribution in [3.8, 4) is 12.1 Å². The molecule has 2 aromatic carbocycles. The molecule has 0 N–H and O–H groups in total. The minimum atomic E-state index is -0.797. The molecule has 30 heavy (non-hydrogen) atoms. The van der Waals surface area contributed by atoms with Gasteiger partial charge in [0.05, 0.1) is 29.3 Å². The van der Waals surface area contributed by atoms with E-state index in [0.29, 0.717) is 23.6 Å². The van der Waals surface area contributed by atoms with Gasteiger partial charge in [-0.05, 0) is 43.2 Å². The number of anilines is 2. The van der Waals surface area contributed by atoms with Crippen molar-refractivity contribution in [1.29, 1.82) is 10.5 Å². The van der Waals surface area contributed by atoms with Crippen LogP contribution < -0.4 is 4.90 Å². The third kappa shape index (κ3) is 4.06. The Bertz CT molecular complexity index is 1180. The maximum Gasteiger partial charge on any atom is 0.229 e. The van der Waals surface area contributed by atoms with Crippen LogP contribution in [0.2, 0.25) is 0 Å². The molecule has 0 bridgehead atoms. The molecule has 0 fully saturated rings. The van der Waals surface area contributed by atoms with E-state index < -0.39 is 11.2 Å². The lowest BCUT2D eigenvalue weighted by molar-refractivity contribution is -0.115. The van der Waals surface area contributed by atoms with Crippen molar-refractivity contribution < 1.29 is 9.18 Å². The number of benzene rings is 2. The quantitative estimate of drug-likeness (QED) is 0.633. The van der Waals surface area contributed by atoms with Crippen LogP contribution in [0.4, 0.5) is 15.9 Å². The van der Waals surface area contributed by atoms with E-state index in [4.69, 9.17) is 5.26 Å². The van der Waals surface area contributed by atoms with Gasteiger partial charge in [0.2, 0.25) is 5.91 Å². The second-order valence-corrected chi connectivity index (χ2v) is 7.41. The lowest BCUT2D eigenvalue weighted by atomic mass is 9.85. The lowest BCUT2D eigenvalue weighted by Crippen LogP contribution is -2.27. The number of aromatic nitrogens is 2. The maximum atomic E-state index is 13.5. The summed E-state index contributed by atoms with van der Waals surface area (Å²) in [4.78, 5) is 14.0. The molecule has 0 unspecified atom stereocenters. The molecule has 0 spiro atoms. The van der Waals surface area contributed by atoms with Gasteiger partial charge < -0.3 is 0 Å². The van der Waals surface area contributed by atoms with E-state index >= 15 is 0 Å². The second-order valence-electron chi connectivity index (χ2n) is 7.41. The molecule has 1 amide bonds. The van der Waals surface area contributed by atoms with Gasteiger partial charge in [0.15, 0.2) is 5.82 Å². The zero-order chi connectivity index (χ0) is 21.9. The van der Waals surface area contributed by atoms with Crippen molar-refractivity contribution in [2.45, 2.75) is 32.7 Å². The van der Waals surface area contributed by atoms with Gasteiger partial charge in [-0.2, -0.15) is 15.6 Å². The lowest BCUT2D eigenvalue weighted by Gasteiger charge is -2.26. The predicted octanol–water partition coefficient (Wildman–Crippen LogP) is 4.43. The Labute approximate surface area is 174 Å². The monoisotopic (exact) mass is 401 g/mol. The first-order valence-electron chi connectivity index (χ1n) is 9.30. The van der Waals surface area contributed by atoms with Crippen LogP contribution in [0.15, 0.2) is 54.7 Å². The second kappa shape index (κ2) is 8.18. The van der Waals surface area contributed by atoms with Gasteiger partial charge >= 0.3 is 0 Å². The van der Waals surface area contributed by atoms with E-state index in [-0.39, 0.29) is 11.5 Å². The molecule has 1 aromatic heterocycles. The Morgan fingerprint density at radius 3 is 2.60 bits per heavy atom. The fourth-order valence-corrected chi connectivity index (χ4v) is 3.21. The standard InChI is InChI=1S/C23H20FN5O/c1-16(30)29(21-7-5-4-6-19(21)23(2,3)15-26)22-10-11-28(27-22)14-17-8-9-20(24)18(12-17)13-25/h4-12H,14H2,1-3H3. The number of nitriles is 2. The molecule has 3 rings (SSSR count). The zero-order valence-corrected chi connectivity index (χ0v) is 16.9. The molecule has 0 aliphatic heterocycles. The molecule has 0 saturated carbocycles. The Morgan fingerprint density at radius 1 is 1.20 bits per heavy atom.